The highest BCUT2D eigenvalue weighted by Crippen LogP contribution is 2.26. The Morgan fingerprint density at radius 3 is 2.29 bits per heavy atom. The summed E-state index contributed by atoms with van der Waals surface area (Å²) >= 11 is 0. The van der Waals surface area contributed by atoms with Crippen LogP contribution in [0.2, 0.25) is 0 Å². The number of benzene rings is 1. The van der Waals surface area contributed by atoms with Gasteiger partial charge in [0.15, 0.2) is 18.1 Å². The highest BCUT2D eigenvalue weighted by molar-refractivity contribution is 5.83. The Bertz CT molecular complexity index is 476. The zero-order valence-electron chi connectivity index (χ0n) is 12.6. The highest BCUT2D eigenvalue weighted by atomic mass is 16.5. The molecule has 1 atom stereocenters. The Balaban J connectivity index is 2.41. The van der Waals surface area contributed by atoms with Crippen LogP contribution in [-0.4, -0.2) is 25.0 Å². The van der Waals surface area contributed by atoms with E-state index in [0.717, 1.165) is 0 Å². The van der Waals surface area contributed by atoms with Crippen molar-refractivity contribution >= 4 is 11.8 Å². The van der Waals surface area contributed by atoms with E-state index in [0.29, 0.717) is 24.5 Å². The summed E-state index contributed by atoms with van der Waals surface area (Å²) < 4.78 is 10.8. The molecule has 0 heterocycles. The molecule has 21 heavy (non-hydrogen) atoms. The minimum absolute atomic E-state index is 0.148. The molecular weight excluding hydrogens is 272 g/mol. The summed E-state index contributed by atoms with van der Waals surface area (Å²) in [5.74, 6) is 0.266. The summed E-state index contributed by atoms with van der Waals surface area (Å²) in [6.07, 6.45) is 0.708. The second kappa shape index (κ2) is 8.84. The molecule has 0 aliphatic carbocycles. The van der Waals surface area contributed by atoms with E-state index in [1.54, 1.807) is 25.1 Å². The first-order valence-electron chi connectivity index (χ1n) is 7.01. The van der Waals surface area contributed by atoms with Crippen molar-refractivity contribution in [2.45, 2.75) is 27.2 Å². The van der Waals surface area contributed by atoms with Gasteiger partial charge < -0.3 is 9.47 Å². The predicted octanol–water partition coefficient (Wildman–Crippen LogP) is 1.66. The van der Waals surface area contributed by atoms with Crippen LogP contribution in [0.5, 0.6) is 11.5 Å². The van der Waals surface area contributed by atoms with Gasteiger partial charge in [0, 0.05) is 5.92 Å². The molecule has 0 bridgehead atoms. The quantitative estimate of drug-likeness (QED) is 0.750. The number of para-hydroxylation sites is 2. The van der Waals surface area contributed by atoms with Crippen molar-refractivity contribution in [3.8, 4) is 11.5 Å². The maximum atomic E-state index is 11.6. The number of ether oxygens (including phenoxy) is 2. The minimum Gasteiger partial charge on any atom is -0.490 e. The summed E-state index contributed by atoms with van der Waals surface area (Å²) in [7, 11) is 0. The Kier molecular flexibility index (Phi) is 7.08. The summed E-state index contributed by atoms with van der Waals surface area (Å²) in [5, 5.41) is 0. The molecule has 0 saturated heterocycles. The predicted molar refractivity (Wildman–Crippen MR) is 78.8 cm³/mol. The molecule has 0 aliphatic rings. The van der Waals surface area contributed by atoms with Gasteiger partial charge >= 0.3 is 0 Å². The van der Waals surface area contributed by atoms with Crippen LogP contribution in [0.25, 0.3) is 0 Å². The lowest BCUT2D eigenvalue weighted by Gasteiger charge is -2.13. The molecule has 0 aromatic heterocycles. The summed E-state index contributed by atoms with van der Waals surface area (Å²) in [6.45, 7) is 5.87. The number of nitrogens with one attached hydrogen (secondary N) is 2. The number of amides is 2. The first kappa shape index (κ1) is 16.8. The molecule has 1 rings (SSSR count). The Labute approximate surface area is 124 Å². The van der Waals surface area contributed by atoms with Crippen LogP contribution in [0.15, 0.2) is 24.3 Å². The molecule has 6 heteroatoms. The second-order valence-corrected chi connectivity index (χ2v) is 4.52. The molecule has 2 amide bonds. The van der Waals surface area contributed by atoms with Crippen LogP contribution in [0.1, 0.15) is 27.2 Å². The Hall–Kier alpha value is -2.24. The van der Waals surface area contributed by atoms with Crippen LogP contribution in [0, 0.1) is 5.92 Å². The van der Waals surface area contributed by atoms with Gasteiger partial charge in [-0.25, -0.2) is 0 Å². The molecule has 1 aromatic carbocycles. The Morgan fingerprint density at radius 1 is 1.10 bits per heavy atom. The molecule has 6 nitrogen and oxygen atoms in total. The Morgan fingerprint density at radius 2 is 1.71 bits per heavy atom. The van der Waals surface area contributed by atoms with Crippen molar-refractivity contribution in [2.24, 2.45) is 5.92 Å². The van der Waals surface area contributed by atoms with E-state index in [2.05, 4.69) is 10.9 Å². The summed E-state index contributed by atoms with van der Waals surface area (Å²) in [4.78, 5) is 23.1. The fraction of sp³-hybridized carbons (Fsp3) is 0.467. The summed E-state index contributed by atoms with van der Waals surface area (Å²) in [6, 6.07) is 7.10. The maximum absolute atomic E-state index is 11.6. The molecule has 2 N–H and O–H groups in total. The van der Waals surface area contributed by atoms with Crippen molar-refractivity contribution in [3.05, 3.63) is 24.3 Å². The molecular formula is C15H22N2O4. The number of hydrogen-bond acceptors (Lipinski definition) is 4. The second-order valence-electron chi connectivity index (χ2n) is 4.52. The van der Waals surface area contributed by atoms with Gasteiger partial charge in [0.05, 0.1) is 6.61 Å². The molecule has 1 unspecified atom stereocenters. The van der Waals surface area contributed by atoms with E-state index in [1.165, 1.54) is 0 Å². The third-order valence-electron chi connectivity index (χ3n) is 2.89. The maximum Gasteiger partial charge on any atom is 0.276 e. The van der Waals surface area contributed by atoms with Crippen LogP contribution in [0.3, 0.4) is 0 Å². The summed E-state index contributed by atoms with van der Waals surface area (Å²) in [5.41, 5.74) is 4.67. The first-order valence-corrected chi connectivity index (χ1v) is 7.01. The van der Waals surface area contributed by atoms with E-state index < -0.39 is 5.91 Å². The van der Waals surface area contributed by atoms with Crippen LogP contribution in [0.4, 0.5) is 0 Å². The number of carbonyl (C=O) groups excluding carboxylic acids is 2. The third kappa shape index (κ3) is 5.72. The van der Waals surface area contributed by atoms with Crippen molar-refractivity contribution in [3.63, 3.8) is 0 Å². The zero-order valence-corrected chi connectivity index (χ0v) is 12.6. The van der Waals surface area contributed by atoms with Crippen molar-refractivity contribution in [2.75, 3.05) is 13.2 Å². The number of rotatable bonds is 7. The molecule has 0 fully saturated rings. The highest BCUT2D eigenvalue weighted by Gasteiger charge is 2.12. The largest absolute Gasteiger partial charge is 0.490 e. The van der Waals surface area contributed by atoms with Crippen LogP contribution >= 0.6 is 0 Å². The van der Waals surface area contributed by atoms with Gasteiger partial charge in [-0.2, -0.15) is 0 Å². The molecule has 0 spiro atoms. The standard InChI is InChI=1S/C15H22N2O4/c1-4-11(3)15(19)17-16-14(18)10-21-13-9-7-6-8-12(13)20-5-2/h6-9,11H,4-5,10H2,1-3H3,(H,16,18)(H,17,19). The van der Waals surface area contributed by atoms with E-state index in [4.69, 9.17) is 9.47 Å². The first-order chi connectivity index (χ1) is 10.1. The van der Waals surface area contributed by atoms with Gasteiger partial charge in [-0.05, 0) is 25.5 Å². The minimum atomic E-state index is -0.432. The van der Waals surface area contributed by atoms with Gasteiger partial charge in [-0.1, -0.05) is 26.0 Å². The average molecular weight is 294 g/mol. The fourth-order valence-corrected chi connectivity index (χ4v) is 1.46. The van der Waals surface area contributed by atoms with Crippen molar-refractivity contribution in [1.82, 2.24) is 10.9 Å². The SMILES string of the molecule is CCOc1ccccc1OCC(=O)NNC(=O)C(C)CC. The molecule has 1 aromatic rings. The smallest absolute Gasteiger partial charge is 0.276 e. The monoisotopic (exact) mass is 294 g/mol. The lowest BCUT2D eigenvalue weighted by Crippen LogP contribution is -2.45. The van der Waals surface area contributed by atoms with Crippen LogP contribution < -0.4 is 20.3 Å². The fourth-order valence-electron chi connectivity index (χ4n) is 1.46. The molecule has 116 valence electrons. The number of carbonyl (C=O) groups is 2. The molecule has 0 aliphatic heterocycles. The van der Waals surface area contributed by atoms with Gasteiger partial charge in [0.1, 0.15) is 0 Å². The zero-order chi connectivity index (χ0) is 15.7. The lowest BCUT2D eigenvalue weighted by atomic mass is 10.1. The topological polar surface area (TPSA) is 76.7 Å². The van der Waals surface area contributed by atoms with Crippen molar-refractivity contribution in [1.29, 1.82) is 0 Å². The molecule has 0 saturated carbocycles. The van der Waals surface area contributed by atoms with Gasteiger partial charge in [-0.3, -0.25) is 20.4 Å². The van der Waals surface area contributed by atoms with E-state index in [9.17, 15) is 9.59 Å². The van der Waals surface area contributed by atoms with Crippen molar-refractivity contribution < 1.29 is 19.1 Å². The van der Waals surface area contributed by atoms with Gasteiger partial charge in [0.2, 0.25) is 5.91 Å². The number of hydrazine groups is 1. The number of hydrogen-bond donors (Lipinski definition) is 2. The lowest BCUT2D eigenvalue weighted by molar-refractivity contribution is -0.131. The third-order valence-corrected chi connectivity index (χ3v) is 2.89. The van der Waals surface area contributed by atoms with Crippen LogP contribution in [-0.2, 0) is 9.59 Å². The van der Waals surface area contributed by atoms with Gasteiger partial charge in [0.25, 0.3) is 5.91 Å². The van der Waals surface area contributed by atoms with Gasteiger partial charge in [-0.15, -0.1) is 0 Å². The van der Waals surface area contributed by atoms with E-state index in [-0.39, 0.29) is 18.4 Å². The average Bonchev–Trinajstić information content (AvgIpc) is 2.51. The molecule has 0 radical (unpaired) electrons. The normalized spacial score (nSPS) is 11.4. The van der Waals surface area contributed by atoms with E-state index in [1.807, 2.05) is 19.9 Å². The van der Waals surface area contributed by atoms with E-state index >= 15 is 0 Å².